The van der Waals surface area contributed by atoms with Gasteiger partial charge in [0.2, 0.25) is 0 Å². The second-order valence-corrected chi connectivity index (χ2v) is 6.10. The zero-order valence-electron chi connectivity index (χ0n) is 8.45. The summed E-state index contributed by atoms with van der Waals surface area (Å²) in [6.07, 6.45) is -2.89. The minimum absolute atomic E-state index is 0.115. The molecule has 4 unspecified atom stereocenters. The van der Waals surface area contributed by atoms with E-state index in [0.717, 1.165) is 0 Å². The van der Waals surface area contributed by atoms with Crippen LogP contribution in [-0.2, 0) is 4.79 Å². The van der Waals surface area contributed by atoms with E-state index in [2.05, 4.69) is 10.6 Å². The van der Waals surface area contributed by atoms with Crippen LogP contribution in [0.4, 0.5) is 0 Å². The smallest absolute Gasteiger partial charge is 0.273 e. The van der Waals surface area contributed by atoms with Crippen molar-refractivity contribution in [3.8, 4) is 0 Å². The van der Waals surface area contributed by atoms with Crippen molar-refractivity contribution in [1.82, 2.24) is 10.6 Å². The lowest BCUT2D eigenvalue weighted by atomic mass is 9.93. The molecule has 4 N–H and O–H groups in total. The van der Waals surface area contributed by atoms with Crippen LogP contribution >= 0.6 is 34.8 Å². The van der Waals surface area contributed by atoms with Crippen LogP contribution in [0.15, 0.2) is 0 Å². The maximum Gasteiger partial charge on any atom is 0.273 e. The Morgan fingerprint density at radius 3 is 2.44 bits per heavy atom. The van der Waals surface area contributed by atoms with Crippen LogP contribution in [0.3, 0.4) is 0 Å². The normalized spacial score (nSPS) is 35.9. The van der Waals surface area contributed by atoms with Gasteiger partial charge >= 0.3 is 0 Å². The Kier molecular flexibility index (Phi) is 4.68. The van der Waals surface area contributed by atoms with Gasteiger partial charge in [-0.2, -0.15) is 0 Å². The number of carbonyl (C=O) groups is 1. The van der Waals surface area contributed by atoms with E-state index < -0.39 is 28.1 Å². The van der Waals surface area contributed by atoms with E-state index >= 15 is 0 Å². The van der Waals surface area contributed by atoms with Gasteiger partial charge in [-0.05, 0) is 5.92 Å². The van der Waals surface area contributed by atoms with E-state index in [-0.39, 0.29) is 5.92 Å². The summed E-state index contributed by atoms with van der Waals surface area (Å²) in [7, 11) is 0. The Balaban J connectivity index is 2.59. The molecule has 0 bridgehead atoms. The summed E-state index contributed by atoms with van der Waals surface area (Å²) in [4.78, 5) is 11.3. The molecule has 1 aliphatic rings. The molecule has 8 heteroatoms. The number of nitrogens with one attached hydrogen (secondary N) is 2. The molecular weight excluding hydrogens is 278 g/mol. The van der Waals surface area contributed by atoms with Crippen LogP contribution in [0.5, 0.6) is 0 Å². The van der Waals surface area contributed by atoms with Gasteiger partial charge in [0, 0.05) is 6.54 Å². The summed E-state index contributed by atoms with van der Waals surface area (Å²) >= 11 is 16.1. The molecule has 1 fully saturated rings. The van der Waals surface area contributed by atoms with E-state index in [0.29, 0.717) is 6.54 Å². The Morgan fingerprint density at radius 2 is 1.94 bits per heavy atom. The first-order valence-corrected chi connectivity index (χ1v) is 5.84. The van der Waals surface area contributed by atoms with E-state index in [1.165, 1.54) is 0 Å². The highest BCUT2D eigenvalue weighted by molar-refractivity contribution is 6.76. The van der Waals surface area contributed by atoms with Crippen molar-refractivity contribution in [1.29, 1.82) is 0 Å². The fraction of sp³-hybridized carbons (Fsp3) is 0.875. The second kappa shape index (κ2) is 5.25. The van der Waals surface area contributed by atoms with Crippen molar-refractivity contribution >= 4 is 40.7 Å². The average Bonchev–Trinajstić information content (AvgIpc) is 2.17. The number of hydrogen-bond donors (Lipinski definition) is 4. The first-order valence-electron chi connectivity index (χ1n) is 4.70. The van der Waals surface area contributed by atoms with E-state index in [4.69, 9.17) is 34.8 Å². The van der Waals surface area contributed by atoms with Crippen molar-refractivity contribution in [3.05, 3.63) is 0 Å². The molecule has 0 aliphatic carbocycles. The number of halogens is 3. The molecule has 0 aromatic carbocycles. The van der Waals surface area contributed by atoms with Crippen LogP contribution in [0.25, 0.3) is 0 Å². The largest absolute Gasteiger partial charge is 0.390 e. The summed E-state index contributed by atoms with van der Waals surface area (Å²) in [5.74, 6) is -0.966. The lowest BCUT2D eigenvalue weighted by molar-refractivity contribution is -0.125. The number of aliphatic hydroxyl groups excluding tert-OH is 2. The third-order valence-electron chi connectivity index (χ3n) is 2.48. The van der Waals surface area contributed by atoms with Crippen molar-refractivity contribution in [2.45, 2.75) is 29.1 Å². The molecule has 0 radical (unpaired) electrons. The molecule has 1 saturated heterocycles. The number of piperidine rings is 1. The van der Waals surface area contributed by atoms with Gasteiger partial charge in [0.15, 0.2) is 0 Å². The molecule has 1 rings (SSSR count). The highest BCUT2D eigenvalue weighted by atomic mass is 35.6. The molecule has 5 nitrogen and oxygen atoms in total. The van der Waals surface area contributed by atoms with Gasteiger partial charge in [-0.3, -0.25) is 10.1 Å². The maximum atomic E-state index is 11.3. The minimum atomic E-state index is -2.09. The SMILES string of the molecule is CC1CNC(NC(=O)C(Cl)(Cl)Cl)C(O)C1O. The summed E-state index contributed by atoms with van der Waals surface area (Å²) < 4.78 is -2.09. The Hall–Kier alpha value is 0.220. The fourth-order valence-corrected chi connectivity index (χ4v) is 1.61. The predicted molar refractivity (Wildman–Crippen MR) is 61.4 cm³/mol. The van der Waals surface area contributed by atoms with Crippen molar-refractivity contribution < 1.29 is 15.0 Å². The van der Waals surface area contributed by atoms with Crippen LogP contribution in [0.1, 0.15) is 6.92 Å². The molecule has 0 aromatic heterocycles. The number of carbonyl (C=O) groups excluding carboxylic acids is 1. The molecule has 0 aromatic rings. The van der Waals surface area contributed by atoms with Crippen molar-refractivity contribution in [3.63, 3.8) is 0 Å². The van der Waals surface area contributed by atoms with Crippen molar-refractivity contribution in [2.75, 3.05) is 6.54 Å². The standard InChI is InChI=1S/C8H13Cl3N2O3/c1-3-2-12-6(5(15)4(3)14)13-7(16)8(9,10)11/h3-6,12,14-15H,2H2,1H3,(H,13,16). The zero-order chi connectivity index (χ0) is 12.5. The van der Waals surface area contributed by atoms with E-state index in [9.17, 15) is 15.0 Å². The average molecular weight is 292 g/mol. The second-order valence-electron chi connectivity index (χ2n) is 3.82. The first-order chi connectivity index (χ1) is 7.23. The number of aliphatic hydroxyl groups is 2. The van der Waals surface area contributed by atoms with Gasteiger partial charge < -0.3 is 15.5 Å². The monoisotopic (exact) mass is 290 g/mol. The van der Waals surface area contributed by atoms with Gasteiger partial charge in [-0.15, -0.1) is 0 Å². The summed E-state index contributed by atoms with van der Waals surface area (Å²) in [6.45, 7) is 2.22. The molecule has 4 atom stereocenters. The third kappa shape index (κ3) is 3.35. The quantitative estimate of drug-likeness (QED) is 0.503. The summed E-state index contributed by atoms with van der Waals surface area (Å²) in [5, 5.41) is 24.4. The topological polar surface area (TPSA) is 81.6 Å². The first kappa shape index (κ1) is 14.3. The molecule has 94 valence electrons. The summed E-state index contributed by atoms with van der Waals surface area (Å²) in [6, 6.07) is 0. The van der Waals surface area contributed by atoms with Crippen LogP contribution in [0, 0.1) is 5.92 Å². The van der Waals surface area contributed by atoms with Crippen LogP contribution < -0.4 is 10.6 Å². The van der Waals surface area contributed by atoms with Gasteiger partial charge in [0.1, 0.15) is 12.3 Å². The van der Waals surface area contributed by atoms with E-state index in [1.54, 1.807) is 6.92 Å². The summed E-state index contributed by atoms with van der Waals surface area (Å²) in [5.41, 5.74) is 0. The molecular formula is C8H13Cl3N2O3. The maximum absolute atomic E-state index is 11.3. The molecule has 16 heavy (non-hydrogen) atoms. The number of hydrogen-bond acceptors (Lipinski definition) is 4. The molecule has 0 saturated carbocycles. The molecule has 0 spiro atoms. The Labute approximate surface area is 108 Å². The molecule has 1 amide bonds. The van der Waals surface area contributed by atoms with Gasteiger partial charge in [-0.25, -0.2) is 0 Å². The number of amides is 1. The fourth-order valence-electron chi connectivity index (χ4n) is 1.45. The zero-order valence-corrected chi connectivity index (χ0v) is 10.7. The number of alkyl halides is 3. The van der Waals surface area contributed by atoms with Crippen LogP contribution in [-0.4, -0.2) is 44.8 Å². The molecule has 1 aliphatic heterocycles. The third-order valence-corrected chi connectivity index (χ3v) is 2.99. The molecule has 1 heterocycles. The van der Waals surface area contributed by atoms with Crippen molar-refractivity contribution in [2.24, 2.45) is 5.92 Å². The lowest BCUT2D eigenvalue weighted by Crippen LogP contribution is -2.64. The highest BCUT2D eigenvalue weighted by Gasteiger charge is 2.39. The van der Waals surface area contributed by atoms with Crippen LogP contribution in [0.2, 0.25) is 0 Å². The Bertz CT molecular complexity index is 272. The lowest BCUT2D eigenvalue weighted by Gasteiger charge is -2.37. The minimum Gasteiger partial charge on any atom is -0.390 e. The van der Waals surface area contributed by atoms with Gasteiger partial charge in [-0.1, -0.05) is 41.7 Å². The van der Waals surface area contributed by atoms with Gasteiger partial charge in [0.05, 0.1) is 6.10 Å². The Morgan fingerprint density at radius 1 is 1.38 bits per heavy atom. The highest BCUT2D eigenvalue weighted by Crippen LogP contribution is 2.26. The predicted octanol–water partition coefficient (Wildman–Crippen LogP) is -0.240. The number of rotatable bonds is 1. The van der Waals surface area contributed by atoms with E-state index in [1.807, 2.05) is 0 Å². The van der Waals surface area contributed by atoms with Gasteiger partial charge in [0.25, 0.3) is 9.70 Å².